The summed E-state index contributed by atoms with van der Waals surface area (Å²) in [4.78, 5) is 0. The number of rotatable bonds is 5. The first-order valence-corrected chi connectivity index (χ1v) is 9.05. The van der Waals surface area contributed by atoms with Crippen LogP contribution in [0.15, 0.2) is 102 Å². The first-order chi connectivity index (χ1) is 12.2. The molecule has 3 aromatic rings. The van der Waals surface area contributed by atoms with E-state index in [4.69, 9.17) is 5.73 Å². The Morgan fingerprint density at radius 3 is 2.08 bits per heavy atom. The van der Waals surface area contributed by atoms with E-state index in [1.54, 1.807) is 0 Å². The van der Waals surface area contributed by atoms with E-state index in [0.29, 0.717) is 0 Å². The lowest BCUT2D eigenvalue weighted by atomic mass is 10.00. The largest absolute Gasteiger partial charge is 0.398 e. The predicted octanol–water partition coefficient (Wildman–Crippen LogP) is 6.08. The van der Waals surface area contributed by atoms with Crippen LogP contribution in [0.2, 0.25) is 0 Å². The van der Waals surface area contributed by atoms with E-state index in [9.17, 15) is 0 Å². The fraction of sp³-hybridized carbons (Fsp3) is 0.0435. The summed E-state index contributed by atoms with van der Waals surface area (Å²) >= 11 is 3.58. The number of halogens is 1. The highest BCUT2D eigenvalue weighted by atomic mass is 79.9. The molecule has 0 aromatic heterocycles. The number of benzene rings is 3. The van der Waals surface area contributed by atoms with Crippen LogP contribution in [0.1, 0.15) is 16.7 Å². The Kier molecular flexibility index (Phi) is 5.86. The van der Waals surface area contributed by atoms with E-state index >= 15 is 0 Å². The number of hydrogen-bond donors (Lipinski definition) is 1. The topological polar surface area (TPSA) is 26.0 Å². The van der Waals surface area contributed by atoms with Gasteiger partial charge in [0.2, 0.25) is 0 Å². The van der Waals surface area contributed by atoms with Crippen molar-refractivity contribution < 1.29 is 0 Å². The maximum atomic E-state index is 6.39. The third-order valence-corrected chi connectivity index (χ3v) is 4.69. The Bertz CT molecular complexity index is 880. The average Bonchev–Trinajstić information content (AvgIpc) is 2.67. The zero-order chi connectivity index (χ0) is 17.5. The van der Waals surface area contributed by atoms with Crippen molar-refractivity contribution in [2.45, 2.75) is 6.42 Å². The lowest BCUT2D eigenvalue weighted by Gasteiger charge is -2.08. The molecule has 0 saturated carbocycles. The minimum Gasteiger partial charge on any atom is -0.398 e. The van der Waals surface area contributed by atoms with Crippen LogP contribution in [-0.2, 0) is 6.42 Å². The first kappa shape index (κ1) is 17.2. The molecule has 0 aliphatic heterocycles. The molecule has 0 unspecified atom stereocenters. The zero-order valence-corrected chi connectivity index (χ0v) is 15.5. The van der Waals surface area contributed by atoms with Gasteiger partial charge in [0.05, 0.1) is 0 Å². The number of hydrogen-bond acceptors (Lipinski definition) is 1. The maximum absolute atomic E-state index is 6.39. The second-order valence-corrected chi connectivity index (χ2v) is 6.65. The Labute approximate surface area is 157 Å². The SMILES string of the molecule is N/C(=C\C(=C/Cc1ccccc1)c1ccccc1)c1ccccc1Br. The summed E-state index contributed by atoms with van der Waals surface area (Å²) in [7, 11) is 0. The monoisotopic (exact) mass is 389 g/mol. The van der Waals surface area contributed by atoms with E-state index in [1.807, 2.05) is 48.5 Å². The fourth-order valence-corrected chi connectivity index (χ4v) is 3.19. The maximum Gasteiger partial charge on any atom is 0.0405 e. The van der Waals surface area contributed by atoms with Crippen LogP contribution in [0.25, 0.3) is 11.3 Å². The molecule has 0 radical (unpaired) electrons. The standard InChI is InChI=1S/C23H20BrN/c24-22-14-8-7-13-21(22)23(25)17-20(19-11-5-2-6-12-19)16-15-18-9-3-1-4-10-18/h1-14,16-17H,15,25H2/b20-16+,23-17-. The van der Waals surface area contributed by atoms with Gasteiger partial charge in [-0.2, -0.15) is 0 Å². The Balaban J connectivity index is 1.97. The molecular formula is C23H20BrN. The van der Waals surface area contributed by atoms with E-state index in [2.05, 4.69) is 64.5 Å². The highest BCUT2D eigenvalue weighted by Crippen LogP contribution is 2.25. The molecule has 0 atom stereocenters. The van der Waals surface area contributed by atoms with Crippen molar-refractivity contribution >= 4 is 27.2 Å². The summed E-state index contributed by atoms with van der Waals surface area (Å²) in [6.45, 7) is 0. The molecule has 3 rings (SSSR count). The smallest absolute Gasteiger partial charge is 0.0405 e. The van der Waals surface area contributed by atoms with Gasteiger partial charge in [-0.15, -0.1) is 0 Å². The van der Waals surface area contributed by atoms with Gasteiger partial charge in [-0.05, 0) is 35.3 Å². The molecule has 0 heterocycles. The molecule has 124 valence electrons. The molecule has 0 aliphatic rings. The first-order valence-electron chi connectivity index (χ1n) is 8.25. The minimum absolute atomic E-state index is 0.746. The molecule has 0 bridgehead atoms. The molecule has 0 fully saturated rings. The van der Waals surface area contributed by atoms with Crippen molar-refractivity contribution in [2.75, 3.05) is 0 Å². The normalized spacial score (nSPS) is 12.2. The van der Waals surface area contributed by atoms with Gasteiger partial charge < -0.3 is 5.73 Å². The van der Waals surface area contributed by atoms with Crippen LogP contribution >= 0.6 is 15.9 Å². The zero-order valence-electron chi connectivity index (χ0n) is 13.9. The van der Waals surface area contributed by atoms with Crippen LogP contribution < -0.4 is 5.73 Å². The molecular weight excluding hydrogens is 370 g/mol. The van der Waals surface area contributed by atoms with Crippen LogP contribution in [-0.4, -0.2) is 0 Å². The second kappa shape index (κ2) is 8.50. The molecule has 25 heavy (non-hydrogen) atoms. The van der Waals surface area contributed by atoms with Crippen molar-refractivity contribution in [3.63, 3.8) is 0 Å². The lowest BCUT2D eigenvalue weighted by molar-refractivity contribution is 1.27. The average molecular weight is 390 g/mol. The summed E-state index contributed by atoms with van der Waals surface area (Å²) in [6.07, 6.45) is 5.15. The quantitative estimate of drug-likeness (QED) is 0.526. The molecule has 2 heteroatoms. The van der Waals surface area contributed by atoms with Gasteiger partial charge in [-0.1, -0.05) is 101 Å². The third kappa shape index (κ3) is 4.71. The van der Waals surface area contributed by atoms with Gasteiger partial charge in [0.1, 0.15) is 0 Å². The molecule has 3 aromatic carbocycles. The van der Waals surface area contributed by atoms with Crippen molar-refractivity contribution in [1.82, 2.24) is 0 Å². The molecule has 2 N–H and O–H groups in total. The molecule has 1 nitrogen and oxygen atoms in total. The Morgan fingerprint density at radius 1 is 0.800 bits per heavy atom. The lowest BCUT2D eigenvalue weighted by Crippen LogP contribution is -1.98. The van der Waals surface area contributed by atoms with E-state index in [0.717, 1.165) is 33.3 Å². The van der Waals surface area contributed by atoms with Crippen LogP contribution in [0, 0.1) is 0 Å². The summed E-state index contributed by atoms with van der Waals surface area (Å²) in [6, 6.07) is 28.8. The highest BCUT2D eigenvalue weighted by molar-refractivity contribution is 9.10. The van der Waals surface area contributed by atoms with Gasteiger partial charge in [0.25, 0.3) is 0 Å². The van der Waals surface area contributed by atoms with Crippen LogP contribution in [0.4, 0.5) is 0 Å². The molecule has 0 aliphatic carbocycles. The predicted molar refractivity (Wildman–Crippen MR) is 111 cm³/mol. The van der Waals surface area contributed by atoms with Crippen molar-refractivity contribution in [1.29, 1.82) is 0 Å². The minimum atomic E-state index is 0.746. The van der Waals surface area contributed by atoms with Gasteiger partial charge in [0.15, 0.2) is 0 Å². The Morgan fingerprint density at radius 2 is 1.40 bits per heavy atom. The fourth-order valence-electron chi connectivity index (χ4n) is 2.67. The molecule has 0 amide bonds. The van der Waals surface area contributed by atoms with Crippen LogP contribution in [0.5, 0.6) is 0 Å². The summed E-state index contributed by atoms with van der Waals surface area (Å²) < 4.78 is 0.999. The number of nitrogens with two attached hydrogens (primary N) is 1. The third-order valence-electron chi connectivity index (χ3n) is 4.00. The van der Waals surface area contributed by atoms with Gasteiger partial charge >= 0.3 is 0 Å². The van der Waals surface area contributed by atoms with Gasteiger partial charge in [-0.25, -0.2) is 0 Å². The van der Waals surface area contributed by atoms with Crippen molar-refractivity contribution in [3.8, 4) is 0 Å². The summed E-state index contributed by atoms with van der Waals surface area (Å²) in [5, 5.41) is 0. The molecule has 0 spiro atoms. The number of allylic oxidation sites excluding steroid dienone is 3. The van der Waals surface area contributed by atoms with Crippen LogP contribution in [0.3, 0.4) is 0 Å². The second-order valence-electron chi connectivity index (χ2n) is 5.79. The summed E-state index contributed by atoms with van der Waals surface area (Å²) in [5.74, 6) is 0. The van der Waals surface area contributed by atoms with Crippen molar-refractivity contribution in [2.24, 2.45) is 5.73 Å². The Hall–Kier alpha value is -2.58. The van der Waals surface area contributed by atoms with E-state index in [1.165, 1.54) is 5.56 Å². The van der Waals surface area contributed by atoms with Gasteiger partial charge in [-0.3, -0.25) is 0 Å². The van der Waals surface area contributed by atoms with E-state index in [-0.39, 0.29) is 0 Å². The highest BCUT2D eigenvalue weighted by Gasteiger charge is 2.05. The summed E-state index contributed by atoms with van der Waals surface area (Å²) in [5.41, 5.74) is 11.7. The van der Waals surface area contributed by atoms with E-state index < -0.39 is 0 Å². The van der Waals surface area contributed by atoms with Gasteiger partial charge in [0, 0.05) is 15.7 Å². The van der Waals surface area contributed by atoms with Crippen molar-refractivity contribution in [3.05, 3.63) is 118 Å². The molecule has 0 saturated heterocycles.